The molecule has 0 fully saturated rings. The zero-order chi connectivity index (χ0) is 21.5. The van der Waals surface area contributed by atoms with Crippen LogP contribution < -0.4 is 5.32 Å². The highest BCUT2D eigenvalue weighted by Crippen LogP contribution is 2.29. The molecule has 6 heteroatoms. The summed E-state index contributed by atoms with van der Waals surface area (Å²) in [5.41, 5.74) is 5.27. The van der Waals surface area contributed by atoms with Crippen LogP contribution in [0, 0.1) is 0 Å². The van der Waals surface area contributed by atoms with Gasteiger partial charge in [-0.05, 0) is 49.7 Å². The fraction of sp³-hybridized carbons (Fsp3) is 0.333. The predicted octanol–water partition coefficient (Wildman–Crippen LogP) is 5.64. The predicted molar refractivity (Wildman–Crippen MR) is 123 cm³/mol. The highest BCUT2D eigenvalue weighted by molar-refractivity contribution is 5.94. The van der Waals surface area contributed by atoms with Crippen molar-refractivity contribution in [3.8, 4) is 11.1 Å². The molecule has 30 heavy (non-hydrogen) atoms. The molecule has 5 nitrogen and oxygen atoms in total. The molecule has 0 aliphatic heterocycles. The molecule has 0 radical (unpaired) electrons. The summed E-state index contributed by atoms with van der Waals surface area (Å²) in [7, 11) is 1.82. The lowest BCUT2D eigenvalue weighted by Gasteiger charge is -2.18. The van der Waals surface area contributed by atoms with Gasteiger partial charge in [0.05, 0.1) is 11.7 Å². The first-order valence-electron chi connectivity index (χ1n) is 10.5. The van der Waals surface area contributed by atoms with Crippen LogP contribution in [0.25, 0.3) is 33.8 Å². The minimum absolute atomic E-state index is 0.0648. The number of rotatable bonds is 7. The van der Waals surface area contributed by atoms with Crippen LogP contribution in [0.3, 0.4) is 0 Å². The Bertz CT molecular complexity index is 1100. The van der Waals surface area contributed by atoms with E-state index < -0.39 is 6.17 Å². The maximum Gasteiger partial charge on any atom is 0.137 e. The van der Waals surface area contributed by atoms with Crippen molar-refractivity contribution in [1.82, 2.24) is 24.9 Å². The molecule has 0 saturated carbocycles. The highest BCUT2D eigenvalue weighted by Gasteiger charge is 2.15. The second-order valence-corrected chi connectivity index (χ2v) is 7.26. The monoisotopic (exact) mass is 407 g/mol. The fourth-order valence-electron chi connectivity index (χ4n) is 3.62. The van der Waals surface area contributed by atoms with Gasteiger partial charge in [0, 0.05) is 41.1 Å². The van der Waals surface area contributed by atoms with Gasteiger partial charge >= 0.3 is 0 Å². The lowest BCUT2D eigenvalue weighted by molar-refractivity contribution is 0.239. The lowest BCUT2D eigenvalue weighted by atomic mass is 10.1. The van der Waals surface area contributed by atoms with Gasteiger partial charge in [-0.1, -0.05) is 32.9 Å². The molecule has 0 amide bonds. The molecule has 4 aromatic rings. The number of hydrogen-bond donors (Lipinski definition) is 2. The van der Waals surface area contributed by atoms with E-state index in [4.69, 9.17) is 0 Å². The van der Waals surface area contributed by atoms with E-state index in [0.717, 1.165) is 46.1 Å². The van der Waals surface area contributed by atoms with E-state index in [1.807, 2.05) is 49.2 Å². The maximum atomic E-state index is 12.9. The van der Waals surface area contributed by atoms with Crippen molar-refractivity contribution in [3.63, 3.8) is 0 Å². The molecular formula is C24H30FN5. The zero-order valence-electron chi connectivity index (χ0n) is 17.9. The molecule has 4 rings (SSSR count). The standard InChI is InChI=1S/C16H12N4.C8H18FN/c1-2-11-9-19-20-7-5-12(8-15(11)20)14-10-18-16-13(14)4-3-6-17-16;1-4-6-8(10-3)7(9)5-2/h2-10H,1H2,(H,17,18);7-8,10H,4-6H2,1-3H3/t;7-,8?/m.1/s1. The van der Waals surface area contributed by atoms with Crippen LogP contribution in [0.5, 0.6) is 0 Å². The Morgan fingerprint density at radius 2 is 2.17 bits per heavy atom. The number of pyridine rings is 2. The molecule has 0 aliphatic rings. The number of halogens is 1. The van der Waals surface area contributed by atoms with Gasteiger partial charge < -0.3 is 10.3 Å². The minimum atomic E-state index is -0.676. The van der Waals surface area contributed by atoms with Crippen LogP contribution in [0.2, 0.25) is 0 Å². The Labute approximate surface area is 177 Å². The number of aromatic amines is 1. The first-order valence-corrected chi connectivity index (χ1v) is 10.5. The summed E-state index contributed by atoms with van der Waals surface area (Å²) in [6, 6.07) is 8.27. The highest BCUT2D eigenvalue weighted by atomic mass is 19.1. The quantitative estimate of drug-likeness (QED) is 0.417. The Kier molecular flexibility index (Phi) is 7.36. The van der Waals surface area contributed by atoms with Gasteiger partial charge in [0.1, 0.15) is 11.8 Å². The smallest absolute Gasteiger partial charge is 0.137 e. The Morgan fingerprint density at radius 3 is 2.87 bits per heavy atom. The summed E-state index contributed by atoms with van der Waals surface area (Å²) in [6.07, 6.45) is 11.3. The van der Waals surface area contributed by atoms with E-state index in [-0.39, 0.29) is 6.04 Å². The molecule has 0 aliphatic carbocycles. The summed E-state index contributed by atoms with van der Waals surface area (Å²) in [4.78, 5) is 7.53. The number of alkyl halides is 1. The Balaban J connectivity index is 0.000000220. The number of aromatic nitrogens is 4. The summed E-state index contributed by atoms with van der Waals surface area (Å²) < 4.78 is 14.8. The van der Waals surface area contributed by atoms with Gasteiger partial charge in [0.2, 0.25) is 0 Å². The van der Waals surface area contributed by atoms with Crippen molar-refractivity contribution >= 4 is 22.6 Å². The van der Waals surface area contributed by atoms with Gasteiger partial charge in [-0.3, -0.25) is 0 Å². The molecule has 0 bridgehead atoms. The van der Waals surface area contributed by atoms with Crippen molar-refractivity contribution in [3.05, 3.63) is 61.2 Å². The van der Waals surface area contributed by atoms with Gasteiger partial charge in [0.15, 0.2) is 0 Å². The van der Waals surface area contributed by atoms with Crippen LogP contribution in [-0.4, -0.2) is 38.8 Å². The average molecular weight is 408 g/mol. The number of hydrogen-bond acceptors (Lipinski definition) is 3. The molecule has 2 N–H and O–H groups in total. The van der Waals surface area contributed by atoms with Gasteiger partial charge in [-0.15, -0.1) is 0 Å². The summed E-state index contributed by atoms with van der Waals surface area (Å²) in [5.74, 6) is 0. The summed E-state index contributed by atoms with van der Waals surface area (Å²) in [5, 5.41) is 8.40. The van der Waals surface area contributed by atoms with Crippen LogP contribution in [-0.2, 0) is 0 Å². The van der Waals surface area contributed by atoms with Crippen LogP contribution in [0.1, 0.15) is 38.7 Å². The SMILES string of the molecule is C=Cc1cnn2ccc(-c3c[nH]c4ncccc34)cc12.CCCC(NC)[C@H](F)CC. The molecular weight excluding hydrogens is 377 g/mol. The molecule has 1 unspecified atom stereocenters. The topological polar surface area (TPSA) is 58.0 Å². The molecule has 158 valence electrons. The van der Waals surface area contributed by atoms with Gasteiger partial charge in [-0.25, -0.2) is 13.9 Å². The van der Waals surface area contributed by atoms with E-state index >= 15 is 0 Å². The molecule has 0 spiro atoms. The maximum absolute atomic E-state index is 12.9. The van der Waals surface area contributed by atoms with Crippen molar-refractivity contribution in [1.29, 1.82) is 0 Å². The average Bonchev–Trinajstić information content (AvgIpc) is 3.40. The largest absolute Gasteiger partial charge is 0.346 e. The first kappa shape index (κ1) is 21.7. The third kappa shape index (κ3) is 4.60. The third-order valence-electron chi connectivity index (χ3n) is 5.33. The van der Waals surface area contributed by atoms with Crippen molar-refractivity contribution in [2.45, 2.75) is 45.3 Å². The minimum Gasteiger partial charge on any atom is -0.346 e. The molecule has 0 saturated heterocycles. The lowest BCUT2D eigenvalue weighted by Crippen LogP contribution is -2.34. The Hall–Kier alpha value is -2.99. The third-order valence-corrected chi connectivity index (χ3v) is 5.33. The molecule has 2 atom stereocenters. The summed E-state index contributed by atoms with van der Waals surface area (Å²) >= 11 is 0. The van der Waals surface area contributed by atoms with Crippen LogP contribution >= 0.6 is 0 Å². The molecule has 0 aromatic carbocycles. The zero-order valence-corrected chi connectivity index (χ0v) is 17.9. The number of H-pyrrole nitrogens is 1. The number of fused-ring (bicyclic) bond motifs is 2. The normalized spacial score (nSPS) is 13.1. The van der Waals surface area contributed by atoms with Crippen LogP contribution in [0.15, 0.2) is 55.6 Å². The van der Waals surface area contributed by atoms with E-state index in [2.05, 4.69) is 52.1 Å². The van der Waals surface area contributed by atoms with Gasteiger partial charge in [0.25, 0.3) is 0 Å². The molecule has 4 heterocycles. The second-order valence-electron chi connectivity index (χ2n) is 7.26. The van der Waals surface area contributed by atoms with E-state index in [1.165, 1.54) is 0 Å². The number of nitrogens with one attached hydrogen (secondary N) is 2. The van der Waals surface area contributed by atoms with Crippen molar-refractivity contribution in [2.24, 2.45) is 0 Å². The first-order chi connectivity index (χ1) is 14.6. The van der Waals surface area contributed by atoms with Crippen LogP contribution in [0.4, 0.5) is 4.39 Å². The second kappa shape index (κ2) is 10.2. The molecule has 4 aromatic heterocycles. The number of nitrogens with zero attached hydrogens (tertiary/aromatic N) is 3. The van der Waals surface area contributed by atoms with E-state index in [1.54, 1.807) is 6.20 Å². The van der Waals surface area contributed by atoms with E-state index in [9.17, 15) is 4.39 Å². The van der Waals surface area contributed by atoms with Crippen molar-refractivity contribution in [2.75, 3.05) is 7.05 Å². The van der Waals surface area contributed by atoms with Crippen molar-refractivity contribution < 1.29 is 4.39 Å². The fourth-order valence-corrected chi connectivity index (χ4v) is 3.62. The summed E-state index contributed by atoms with van der Waals surface area (Å²) in [6.45, 7) is 7.78. The van der Waals surface area contributed by atoms with Gasteiger partial charge in [-0.2, -0.15) is 5.10 Å². The van der Waals surface area contributed by atoms with E-state index in [0.29, 0.717) is 6.42 Å². The Morgan fingerprint density at radius 1 is 1.33 bits per heavy atom.